The fourth-order valence-corrected chi connectivity index (χ4v) is 2.58. The SMILES string of the molecule is CC(C)C(=O)N[C@@H](C[C@@H]1CCCCN1C)C(C)C. The van der Waals surface area contributed by atoms with Gasteiger partial charge in [-0.2, -0.15) is 0 Å². The van der Waals surface area contributed by atoms with Gasteiger partial charge in [0.1, 0.15) is 0 Å². The molecule has 0 radical (unpaired) electrons. The van der Waals surface area contributed by atoms with Crippen LogP contribution < -0.4 is 5.32 Å². The first-order chi connectivity index (χ1) is 8.41. The summed E-state index contributed by atoms with van der Waals surface area (Å²) >= 11 is 0. The second-order valence-electron chi connectivity index (χ2n) is 6.38. The van der Waals surface area contributed by atoms with Crippen LogP contribution in [0.5, 0.6) is 0 Å². The molecule has 106 valence electrons. The first-order valence-electron chi connectivity index (χ1n) is 7.42. The van der Waals surface area contributed by atoms with Crippen molar-refractivity contribution >= 4 is 5.91 Å². The molecule has 1 amide bonds. The second-order valence-corrected chi connectivity index (χ2v) is 6.38. The lowest BCUT2D eigenvalue weighted by Crippen LogP contribution is -2.46. The van der Waals surface area contributed by atoms with E-state index in [1.807, 2.05) is 13.8 Å². The van der Waals surface area contributed by atoms with E-state index in [2.05, 4.69) is 31.1 Å². The quantitative estimate of drug-likeness (QED) is 0.818. The van der Waals surface area contributed by atoms with Crippen LogP contribution in [0.1, 0.15) is 53.4 Å². The predicted octanol–water partition coefficient (Wildman–Crippen LogP) is 2.66. The fourth-order valence-electron chi connectivity index (χ4n) is 2.58. The number of amides is 1. The lowest BCUT2D eigenvalue weighted by atomic mass is 9.91. The zero-order valence-electron chi connectivity index (χ0n) is 12.7. The number of piperidine rings is 1. The third-order valence-corrected chi connectivity index (χ3v) is 4.10. The molecule has 1 saturated heterocycles. The number of carbonyl (C=O) groups is 1. The molecule has 0 aromatic carbocycles. The maximum absolute atomic E-state index is 11.9. The standard InChI is InChI=1S/C15H30N2O/c1-11(2)14(16-15(18)12(3)4)10-13-8-6-7-9-17(13)5/h11-14H,6-10H2,1-5H3,(H,16,18)/t13-,14-/m0/s1. The van der Waals surface area contributed by atoms with Gasteiger partial charge in [-0.15, -0.1) is 0 Å². The van der Waals surface area contributed by atoms with Gasteiger partial charge in [-0.25, -0.2) is 0 Å². The van der Waals surface area contributed by atoms with E-state index in [0.29, 0.717) is 18.0 Å². The molecular formula is C15H30N2O. The van der Waals surface area contributed by atoms with Crippen LogP contribution in [0.15, 0.2) is 0 Å². The van der Waals surface area contributed by atoms with Gasteiger partial charge in [-0.05, 0) is 38.8 Å². The molecule has 1 fully saturated rings. The topological polar surface area (TPSA) is 32.3 Å². The van der Waals surface area contributed by atoms with Gasteiger partial charge in [0.2, 0.25) is 5.91 Å². The minimum Gasteiger partial charge on any atom is -0.353 e. The molecule has 1 aliphatic heterocycles. The number of hydrogen-bond donors (Lipinski definition) is 1. The molecule has 18 heavy (non-hydrogen) atoms. The maximum Gasteiger partial charge on any atom is 0.222 e. The highest BCUT2D eigenvalue weighted by molar-refractivity contribution is 5.78. The van der Waals surface area contributed by atoms with E-state index in [1.165, 1.54) is 25.8 Å². The molecule has 0 bridgehead atoms. The number of nitrogens with one attached hydrogen (secondary N) is 1. The van der Waals surface area contributed by atoms with E-state index in [0.717, 1.165) is 6.42 Å². The average molecular weight is 254 g/mol. The van der Waals surface area contributed by atoms with Crippen LogP contribution in [0.25, 0.3) is 0 Å². The average Bonchev–Trinajstić information content (AvgIpc) is 2.30. The highest BCUT2D eigenvalue weighted by atomic mass is 16.1. The first kappa shape index (κ1) is 15.5. The Morgan fingerprint density at radius 3 is 2.44 bits per heavy atom. The van der Waals surface area contributed by atoms with Crippen LogP contribution >= 0.6 is 0 Å². The first-order valence-corrected chi connectivity index (χ1v) is 7.42. The van der Waals surface area contributed by atoms with Crippen LogP contribution in [0.3, 0.4) is 0 Å². The van der Waals surface area contributed by atoms with Crippen LogP contribution in [-0.4, -0.2) is 36.5 Å². The third kappa shape index (κ3) is 4.60. The van der Waals surface area contributed by atoms with Gasteiger partial charge >= 0.3 is 0 Å². The Morgan fingerprint density at radius 1 is 1.28 bits per heavy atom. The Hall–Kier alpha value is -0.570. The molecule has 0 aliphatic carbocycles. The molecular weight excluding hydrogens is 224 g/mol. The van der Waals surface area contributed by atoms with Gasteiger partial charge in [0, 0.05) is 18.0 Å². The molecule has 1 N–H and O–H groups in total. The van der Waals surface area contributed by atoms with Crippen molar-refractivity contribution < 1.29 is 4.79 Å². The molecule has 3 nitrogen and oxygen atoms in total. The van der Waals surface area contributed by atoms with E-state index in [4.69, 9.17) is 0 Å². The Morgan fingerprint density at radius 2 is 1.94 bits per heavy atom. The lowest BCUT2D eigenvalue weighted by molar-refractivity contribution is -0.125. The summed E-state index contributed by atoms with van der Waals surface area (Å²) in [6.45, 7) is 9.52. The van der Waals surface area contributed by atoms with Gasteiger partial charge in [-0.1, -0.05) is 34.1 Å². The maximum atomic E-state index is 11.9. The Labute approximate surface area is 112 Å². The molecule has 0 aromatic heterocycles. The number of likely N-dealkylation sites (tertiary alicyclic amines) is 1. The fraction of sp³-hybridized carbons (Fsp3) is 0.933. The molecule has 1 aliphatic rings. The third-order valence-electron chi connectivity index (χ3n) is 4.10. The van der Waals surface area contributed by atoms with Crippen LogP contribution in [0.4, 0.5) is 0 Å². The van der Waals surface area contributed by atoms with Gasteiger partial charge in [0.05, 0.1) is 0 Å². The van der Waals surface area contributed by atoms with E-state index in [-0.39, 0.29) is 11.8 Å². The van der Waals surface area contributed by atoms with Crippen molar-refractivity contribution in [2.24, 2.45) is 11.8 Å². The summed E-state index contributed by atoms with van der Waals surface area (Å²) in [5.41, 5.74) is 0. The summed E-state index contributed by atoms with van der Waals surface area (Å²) in [6, 6.07) is 0.948. The van der Waals surface area contributed by atoms with Crippen molar-refractivity contribution in [3.8, 4) is 0 Å². The van der Waals surface area contributed by atoms with E-state index >= 15 is 0 Å². The summed E-state index contributed by atoms with van der Waals surface area (Å²) in [5, 5.41) is 3.22. The summed E-state index contributed by atoms with van der Waals surface area (Å²) in [5.74, 6) is 0.769. The van der Waals surface area contributed by atoms with Crippen molar-refractivity contribution in [2.75, 3.05) is 13.6 Å². The number of carbonyl (C=O) groups excluding carboxylic acids is 1. The van der Waals surface area contributed by atoms with Gasteiger partial charge in [0.25, 0.3) is 0 Å². The van der Waals surface area contributed by atoms with Crippen LogP contribution in [-0.2, 0) is 4.79 Å². The van der Waals surface area contributed by atoms with E-state index < -0.39 is 0 Å². The number of nitrogens with zero attached hydrogens (tertiary/aromatic N) is 1. The molecule has 0 saturated carbocycles. The van der Waals surface area contributed by atoms with Crippen molar-refractivity contribution in [3.63, 3.8) is 0 Å². The molecule has 0 aromatic rings. The Balaban J connectivity index is 2.54. The lowest BCUT2D eigenvalue weighted by Gasteiger charge is -2.36. The zero-order chi connectivity index (χ0) is 13.7. The van der Waals surface area contributed by atoms with Crippen molar-refractivity contribution in [1.29, 1.82) is 0 Å². The summed E-state index contributed by atoms with van der Waals surface area (Å²) in [7, 11) is 2.21. The molecule has 1 rings (SSSR count). The Bertz CT molecular complexity index is 263. The van der Waals surface area contributed by atoms with Gasteiger partial charge in [-0.3, -0.25) is 4.79 Å². The van der Waals surface area contributed by atoms with Gasteiger partial charge in [0.15, 0.2) is 0 Å². The minimum atomic E-state index is 0.0790. The zero-order valence-corrected chi connectivity index (χ0v) is 12.7. The van der Waals surface area contributed by atoms with Crippen molar-refractivity contribution in [1.82, 2.24) is 10.2 Å². The van der Waals surface area contributed by atoms with E-state index in [9.17, 15) is 4.79 Å². The largest absolute Gasteiger partial charge is 0.353 e. The van der Waals surface area contributed by atoms with Gasteiger partial charge < -0.3 is 10.2 Å². The molecule has 2 atom stereocenters. The minimum absolute atomic E-state index is 0.0790. The highest BCUT2D eigenvalue weighted by Gasteiger charge is 2.25. The molecule has 0 unspecified atom stereocenters. The normalized spacial score (nSPS) is 23.4. The van der Waals surface area contributed by atoms with Crippen molar-refractivity contribution in [3.05, 3.63) is 0 Å². The number of rotatable bonds is 5. The van der Waals surface area contributed by atoms with E-state index in [1.54, 1.807) is 0 Å². The van der Waals surface area contributed by atoms with Crippen LogP contribution in [0.2, 0.25) is 0 Å². The molecule has 3 heteroatoms. The predicted molar refractivity (Wildman–Crippen MR) is 76.5 cm³/mol. The second kappa shape index (κ2) is 7.13. The summed E-state index contributed by atoms with van der Waals surface area (Å²) < 4.78 is 0. The smallest absolute Gasteiger partial charge is 0.222 e. The van der Waals surface area contributed by atoms with Crippen molar-refractivity contribution in [2.45, 2.75) is 65.5 Å². The van der Waals surface area contributed by atoms with Crippen LogP contribution in [0, 0.1) is 11.8 Å². The summed E-state index contributed by atoms with van der Waals surface area (Å²) in [4.78, 5) is 14.3. The Kier molecular flexibility index (Phi) is 6.13. The highest BCUT2D eigenvalue weighted by Crippen LogP contribution is 2.21. The summed E-state index contributed by atoms with van der Waals surface area (Å²) in [6.07, 6.45) is 5.01. The molecule has 0 spiro atoms. The molecule has 1 heterocycles. The number of hydrogen-bond acceptors (Lipinski definition) is 2. The monoisotopic (exact) mass is 254 g/mol.